The molecule has 0 spiro atoms. The number of rotatable bonds is 4. The Morgan fingerprint density at radius 1 is 1.08 bits per heavy atom. The zero-order valence-electron chi connectivity index (χ0n) is 13.3. The van der Waals surface area contributed by atoms with Gasteiger partial charge in [-0.25, -0.2) is 0 Å². The van der Waals surface area contributed by atoms with Gasteiger partial charge in [-0.1, -0.05) is 41.4 Å². The van der Waals surface area contributed by atoms with E-state index in [0.29, 0.717) is 21.3 Å². The molecule has 0 aliphatic heterocycles. The van der Waals surface area contributed by atoms with Gasteiger partial charge < -0.3 is 14.6 Å². The molecule has 1 aromatic heterocycles. The molecule has 3 rings (SSSR count). The number of fused-ring (bicyclic) bond motifs is 1. The maximum Gasteiger partial charge on any atom is 0.289 e. The molecule has 2 aromatic carbocycles. The summed E-state index contributed by atoms with van der Waals surface area (Å²) >= 11 is 11.7. The molecule has 0 fully saturated rings. The highest BCUT2D eigenvalue weighted by Gasteiger charge is 2.19. The van der Waals surface area contributed by atoms with E-state index in [2.05, 4.69) is 5.32 Å². The Bertz CT molecular complexity index is 919. The maximum absolute atomic E-state index is 12.4. The van der Waals surface area contributed by atoms with Gasteiger partial charge in [0.15, 0.2) is 5.76 Å². The van der Waals surface area contributed by atoms with Gasteiger partial charge in [-0.2, -0.15) is 0 Å². The van der Waals surface area contributed by atoms with Crippen molar-refractivity contribution in [3.8, 4) is 0 Å². The first-order chi connectivity index (χ1) is 11.9. The summed E-state index contributed by atoms with van der Waals surface area (Å²) in [6.07, 6.45) is 0. The molecular weight excluding hydrogens is 363 g/mol. The van der Waals surface area contributed by atoms with Gasteiger partial charge in [0, 0.05) is 18.1 Å². The number of halogens is 2. The van der Waals surface area contributed by atoms with Crippen LogP contribution in [0.1, 0.15) is 10.6 Å². The Kier molecular flexibility index (Phi) is 4.97. The van der Waals surface area contributed by atoms with E-state index < -0.39 is 0 Å². The molecule has 0 bridgehead atoms. The molecular formula is C18H14Cl2N2O3. The number of anilines is 1. The van der Waals surface area contributed by atoms with Crippen molar-refractivity contribution in [1.82, 2.24) is 4.90 Å². The summed E-state index contributed by atoms with van der Waals surface area (Å²) in [5, 5.41) is 4.24. The lowest BCUT2D eigenvalue weighted by atomic mass is 10.2. The number of amides is 2. The maximum atomic E-state index is 12.4. The molecule has 0 saturated carbocycles. The van der Waals surface area contributed by atoms with Crippen LogP contribution in [-0.4, -0.2) is 30.3 Å². The van der Waals surface area contributed by atoms with Gasteiger partial charge in [0.1, 0.15) is 5.58 Å². The predicted octanol–water partition coefficient (Wildman–Crippen LogP) is 4.45. The second-order valence-electron chi connectivity index (χ2n) is 5.49. The minimum absolute atomic E-state index is 0.129. The topological polar surface area (TPSA) is 62.6 Å². The highest BCUT2D eigenvalue weighted by molar-refractivity contribution is 6.42. The minimum atomic E-state index is -0.375. The summed E-state index contributed by atoms with van der Waals surface area (Å²) in [4.78, 5) is 25.8. The van der Waals surface area contributed by atoms with Gasteiger partial charge in [-0.3, -0.25) is 9.59 Å². The Labute approximate surface area is 154 Å². The fourth-order valence-corrected chi connectivity index (χ4v) is 2.64. The second kappa shape index (κ2) is 7.17. The van der Waals surface area contributed by atoms with E-state index in [-0.39, 0.29) is 24.1 Å². The summed E-state index contributed by atoms with van der Waals surface area (Å²) in [7, 11) is 1.53. The van der Waals surface area contributed by atoms with Crippen LogP contribution in [0.5, 0.6) is 0 Å². The van der Waals surface area contributed by atoms with Gasteiger partial charge in [0.2, 0.25) is 5.91 Å². The predicted molar refractivity (Wildman–Crippen MR) is 98.3 cm³/mol. The van der Waals surface area contributed by atoms with Crippen LogP contribution < -0.4 is 5.32 Å². The van der Waals surface area contributed by atoms with Crippen LogP contribution in [0.25, 0.3) is 11.0 Å². The van der Waals surface area contributed by atoms with Crippen molar-refractivity contribution in [2.24, 2.45) is 0 Å². The number of nitrogens with one attached hydrogen (secondary N) is 1. The standard InChI is InChI=1S/C18H14Cl2N2O3/c1-22(10-17(23)21-12-6-7-13(19)14(20)9-12)18(24)16-8-11-4-2-3-5-15(11)25-16/h2-9H,10H2,1H3,(H,21,23). The first kappa shape index (κ1) is 17.3. The Morgan fingerprint density at radius 3 is 2.56 bits per heavy atom. The van der Waals surface area contributed by atoms with Gasteiger partial charge >= 0.3 is 0 Å². The number of nitrogens with zero attached hydrogens (tertiary/aromatic N) is 1. The van der Waals surface area contributed by atoms with Crippen LogP contribution >= 0.6 is 23.2 Å². The zero-order chi connectivity index (χ0) is 18.0. The van der Waals surface area contributed by atoms with E-state index in [1.165, 1.54) is 11.9 Å². The number of carbonyl (C=O) groups excluding carboxylic acids is 2. The Balaban J connectivity index is 1.66. The molecule has 0 aliphatic rings. The number of benzene rings is 2. The van der Waals surface area contributed by atoms with E-state index in [9.17, 15) is 9.59 Å². The van der Waals surface area contributed by atoms with Crippen LogP contribution in [-0.2, 0) is 4.79 Å². The highest BCUT2D eigenvalue weighted by atomic mass is 35.5. The number of furan rings is 1. The second-order valence-corrected chi connectivity index (χ2v) is 6.30. The SMILES string of the molecule is CN(CC(=O)Nc1ccc(Cl)c(Cl)c1)C(=O)c1cc2ccccc2o1. The van der Waals surface area contributed by atoms with Gasteiger partial charge in [0.25, 0.3) is 5.91 Å². The van der Waals surface area contributed by atoms with Crippen LogP contribution in [0.3, 0.4) is 0 Å². The van der Waals surface area contributed by atoms with Crippen LogP contribution in [0, 0.1) is 0 Å². The van der Waals surface area contributed by atoms with E-state index in [1.54, 1.807) is 30.3 Å². The smallest absolute Gasteiger partial charge is 0.289 e. The lowest BCUT2D eigenvalue weighted by Gasteiger charge is -2.15. The van der Waals surface area contributed by atoms with Crippen LogP contribution in [0.15, 0.2) is 52.9 Å². The van der Waals surface area contributed by atoms with E-state index >= 15 is 0 Å². The van der Waals surface area contributed by atoms with Crippen molar-refractivity contribution in [2.75, 3.05) is 18.9 Å². The zero-order valence-corrected chi connectivity index (χ0v) is 14.8. The third-order valence-electron chi connectivity index (χ3n) is 3.57. The number of hydrogen-bond donors (Lipinski definition) is 1. The summed E-state index contributed by atoms with van der Waals surface area (Å²) in [5.74, 6) is -0.545. The normalized spacial score (nSPS) is 10.7. The van der Waals surface area contributed by atoms with Crippen molar-refractivity contribution in [3.05, 3.63) is 64.3 Å². The quantitative estimate of drug-likeness (QED) is 0.731. The van der Waals surface area contributed by atoms with Gasteiger partial charge in [-0.05, 0) is 30.3 Å². The molecule has 0 saturated heterocycles. The molecule has 25 heavy (non-hydrogen) atoms. The molecule has 128 valence electrons. The highest BCUT2D eigenvalue weighted by Crippen LogP contribution is 2.25. The first-order valence-corrected chi connectivity index (χ1v) is 8.18. The monoisotopic (exact) mass is 376 g/mol. The molecule has 1 N–H and O–H groups in total. The van der Waals surface area contributed by atoms with E-state index in [0.717, 1.165) is 5.39 Å². The molecule has 3 aromatic rings. The van der Waals surface area contributed by atoms with E-state index in [1.807, 2.05) is 18.2 Å². The third kappa shape index (κ3) is 3.95. The fraction of sp³-hybridized carbons (Fsp3) is 0.111. The molecule has 2 amide bonds. The molecule has 0 aliphatic carbocycles. The third-order valence-corrected chi connectivity index (χ3v) is 4.31. The first-order valence-electron chi connectivity index (χ1n) is 7.43. The number of para-hydroxylation sites is 1. The molecule has 1 heterocycles. The van der Waals surface area contributed by atoms with E-state index in [4.69, 9.17) is 27.6 Å². The van der Waals surface area contributed by atoms with Gasteiger partial charge in [-0.15, -0.1) is 0 Å². The largest absolute Gasteiger partial charge is 0.451 e. The summed E-state index contributed by atoms with van der Waals surface area (Å²) in [5.41, 5.74) is 1.13. The lowest BCUT2D eigenvalue weighted by molar-refractivity contribution is -0.116. The van der Waals surface area contributed by atoms with Crippen molar-refractivity contribution in [3.63, 3.8) is 0 Å². The Hall–Kier alpha value is -2.50. The minimum Gasteiger partial charge on any atom is -0.451 e. The van der Waals surface area contributed by atoms with Gasteiger partial charge in [0.05, 0.1) is 16.6 Å². The lowest BCUT2D eigenvalue weighted by Crippen LogP contribution is -2.34. The van der Waals surface area contributed by atoms with Crippen molar-refractivity contribution >= 4 is 51.7 Å². The average molecular weight is 377 g/mol. The fourth-order valence-electron chi connectivity index (χ4n) is 2.34. The summed E-state index contributed by atoms with van der Waals surface area (Å²) in [6.45, 7) is -0.129. The molecule has 0 unspecified atom stereocenters. The van der Waals surface area contributed by atoms with Crippen LogP contribution in [0.4, 0.5) is 5.69 Å². The number of likely N-dealkylation sites (N-methyl/N-ethyl adjacent to an activating group) is 1. The Morgan fingerprint density at radius 2 is 1.84 bits per heavy atom. The van der Waals surface area contributed by atoms with Crippen LogP contribution in [0.2, 0.25) is 10.0 Å². The number of carbonyl (C=O) groups is 2. The van der Waals surface area contributed by atoms with Crippen molar-refractivity contribution in [2.45, 2.75) is 0 Å². The molecule has 5 nitrogen and oxygen atoms in total. The van der Waals surface area contributed by atoms with Crippen molar-refractivity contribution < 1.29 is 14.0 Å². The average Bonchev–Trinajstić information content (AvgIpc) is 3.01. The number of hydrogen-bond acceptors (Lipinski definition) is 3. The molecule has 0 atom stereocenters. The summed E-state index contributed by atoms with van der Waals surface area (Å²) in [6, 6.07) is 13.7. The summed E-state index contributed by atoms with van der Waals surface area (Å²) < 4.78 is 5.52. The molecule has 0 radical (unpaired) electrons. The van der Waals surface area contributed by atoms with Crippen molar-refractivity contribution in [1.29, 1.82) is 0 Å². The molecule has 7 heteroatoms.